The molecule has 0 aromatic heterocycles. The fourth-order valence-corrected chi connectivity index (χ4v) is 1.40. The molecule has 1 saturated carbocycles. The summed E-state index contributed by atoms with van der Waals surface area (Å²) in [7, 11) is 0. The fourth-order valence-electron chi connectivity index (χ4n) is 1.40. The van der Waals surface area contributed by atoms with Gasteiger partial charge in [0.15, 0.2) is 0 Å². The van der Waals surface area contributed by atoms with Crippen LogP contribution in [0.25, 0.3) is 0 Å². The van der Waals surface area contributed by atoms with Gasteiger partial charge in [0, 0.05) is 17.8 Å². The molecule has 0 aromatic carbocycles. The molecule has 1 rings (SSSR count). The maximum atomic E-state index is 11.1. The van der Waals surface area contributed by atoms with E-state index in [1.54, 1.807) is 6.08 Å². The fraction of sp³-hybridized carbons (Fsp3) is 0.700. The number of Topliss-reactive ketones (excluding diaryl/α,β-unsaturated/α-hetero) is 1. The number of carbonyl (C=O) groups excluding carboxylic acids is 1. The Morgan fingerprint density at radius 2 is 2.42 bits per heavy atom. The van der Waals surface area contributed by atoms with Gasteiger partial charge in [-0.25, -0.2) is 0 Å². The summed E-state index contributed by atoms with van der Waals surface area (Å²) in [4.78, 5) is 11.1. The van der Waals surface area contributed by atoms with Crippen LogP contribution in [0.15, 0.2) is 12.7 Å². The number of carbonyl (C=O) groups is 1. The lowest BCUT2D eigenvalue weighted by Crippen LogP contribution is -2.47. The Morgan fingerprint density at radius 3 is 2.83 bits per heavy atom. The number of hydrogen-bond donors (Lipinski definition) is 0. The van der Waals surface area contributed by atoms with Gasteiger partial charge in [0.1, 0.15) is 5.78 Å². The van der Waals surface area contributed by atoms with Crippen LogP contribution in [0.2, 0.25) is 0 Å². The van der Waals surface area contributed by atoms with Crippen molar-refractivity contribution in [1.82, 2.24) is 0 Å². The average molecular weight is 168 g/mol. The van der Waals surface area contributed by atoms with Crippen LogP contribution in [0, 0.1) is 11.3 Å². The topological polar surface area (TPSA) is 26.3 Å². The third-order valence-electron chi connectivity index (χ3n) is 2.73. The van der Waals surface area contributed by atoms with Gasteiger partial charge in [-0.05, 0) is 0 Å². The van der Waals surface area contributed by atoms with Gasteiger partial charge in [-0.3, -0.25) is 4.79 Å². The highest BCUT2D eigenvalue weighted by Crippen LogP contribution is 2.42. The van der Waals surface area contributed by atoms with Gasteiger partial charge < -0.3 is 4.74 Å². The minimum atomic E-state index is -0.152. The summed E-state index contributed by atoms with van der Waals surface area (Å²) in [6.45, 7) is 8.80. The van der Waals surface area contributed by atoms with E-state index in [4.69, 9.17) is 4.74 Å². The molecule has 0 spiro atoms. The molecule has 1 unspecified atom stereocenters. The van der Waals surface area contributed by atoms with Crippen molar-refractivity contribution in [1.29, 1.82) is 0 Å². The first kappa shape index (κ1) is 9.46. The smallest absolute Gasteiger partial charge is 0.139 e. The summed E-state index contributed by atoms with van der Waals surface area (Å²) in [6.07, 6.45) is 2.41. The van der Waals surface area contributed by atoms with Gasteiger partial charge in [0.25, 0.3) is 0 Å². The Hall–Kier alpha value is -0.630. The summed E-state index contributed by atoms with van der Waals surface area (Å²) >= 11 is 0. The SMILES string of the molecule is C=CCOCC1CC(=O)C1(C)C. The second-order valence-electron chi connectivity index (χ2n) is 3.87. The van der Waals surface area contributed by atoms with E-state index in [9.17, 15) is 4.79 Å². The van der Waals surface area contributed by atoms with E-state index in [1.807, 2.05) is 13.8 Å². The molecular weight excluding hydrogens is 152 g/mol. The van der Waals surface area contributed by atoms with Crippen molar-refractivity contribution in [2.45, 2.75) is 20.3 Å². The Kier molecular flexibility index (Phi) is 2.68. The van der Waals surface area contributed by atoms with E-state index in [2.05, 4.69) is 6.58 Å². The number of rotatable bonds is 4. The van der Waals surface area contributed by atoms with Gasteiger partial charge in [-0.15, -0.1) is 6.58 Å². The molecule has 0 N–H and O–H groups in total. The molecule has 0 aliphatic heterocycles. The highest BCUT2D eigenvalue weighted by atomic mass is 16.5. The Morgan fingerprint density at radius 1 is 1.75 bits per heavy atom. The molecule has 12 heavy (non-hydrogen) atoms. The zero-order valence-electron chi connectivity index (χ0n) is 7.80. The van der Waals surface area contributed by atoms with E-state index in [0.29, 0.717) is 31.3 Å². The normalized spacial score (nSPS) is 26.5. The first-order chi connectivity index (χ1) is 5.59. The molecule has 1 fully saturated rings. The Labute approximate surface area is 73.6 Å². The predicted octanol–water partition coefficient (Wildman–Crippen LogP) is 1.80. The predicted molar refractivity (Wildman–Crippen MR) is 47.9 cm³/mol. The summed E-state index contributed by atoms with van der Waals surface area (Å²) < 4.78 is 5.30. The van der Waals surface area contributed by atoms with Crippen molar-refractivity contribution >= 4 is 5.78 Å². The zero-order valence-corrected chi connectivity index (χ0v) is 7.80. The summed E-state index contributed by atoms with van der Waals surface area (Å²) in [6, 6.07) is 0. The largest absolute Gasteiger partial charge is 0.377 e. The lowest BCUT2D eigenvalue weighted by Gasteiger charge is -2.42. The second kappa shape index (κ2) is 3.40. The molecule has 1 atom stereocenters. The van der Waals surface area contributed by atoms with Crippen molar-refractivity contribution in [3.8, 4) is 0 Å². The van der Waals surface area contributed by atoms with Crippen molar-refractivity contribution in [2.75, 3.05) is 13.2 Å². The second-order valence-corrected chi connectivity index (χ2v) is 3.87. The minimum Gasteiger partial charge on any atom is -0.377 e. The maximum absolute atomic E-state index is 11.1. The summed E-state index contributed by atoms with van der Waals surface area (Å²) in [5, 5.41) is 0. The van der Waals surface area contributed by atoms with Gasteiger partial charge >= 0.3 is 0 Å². The van der Waals surface area contributed by atoms with Gasteiger partial charge in [-0.2, -0.15) is 0 Å². The van der Waals surface area contributed by atoms with E-state index >= 15 is 0 Å². The zero-order chi connectivity index (χ0) is 9.19. The van der Waals surface area contributed by atoms with E-state index < -0.39 is 0 Å². The lowest BCUT2D eigenvalue weighted by molar-refractivity contribution is -0.146. The van der Waals surface area contributed by atoms with Crippen LogP contribution in [-0.4, -0.2) is 19.0 Å². The number of hydrogen-bond acceptors (Lipinski definition) is 2. The molecule has 0 saturated heterocycles. The molecule has 0 heterocycles. The Balaban J connectivity index is 2.27. The summed E-state index contributed by atoms with van der Waals surface area (Å²) in [5.41, 5.74) is -0.152. The van der Waals surface area contributed by atoms with Crippen molar-refractivity contribution < 1.29 is 9.53 Å². The quantitative estimate of drug-likeness (QED) is 0.472. The molecule has 0 aromatic rings. The molecule has 1 aliphatic carbocycles. The van der Waals surface area contributed by atoms with Crippen molar-refractivity contribution in [3.05, 3.63) is 12.7 Å². The van der Waals surface area contributed by atoms with Crippen LogP contribution < -0.4 is 0 Å². The Bertz CT molecular complexity index is 194. The van der Waals surface area contributed by atoms with Crippen LogP contribution in [0.3, 0.4) is 0 Å². The van der Waals surface area contributed by atoms with Gasteiger partial charge in [0.05, 0.1) is 13.2 Å². The maximum Gasteiger partial charge on any atom is 0.139 e. The first-order valence-corrected chi connectivity index (χ1v) is 4.31. The van der Waals surface area contributed by atoms with E-state index in [-0.39, 0.29) is 5.41 Å². The lowest BCUT2D eigenvalue weighted by atomic mass is 9.62. The number of ether oxygens (including phenoxy) is 1. The van der Waals surface area contributed by atoms with E-state index in [1.165, 1.54) is 0 Å². The minimum absolute atomic E-state index is 0.152. The highest BCUT2D eigenvalue weighted by molar-refractivity contribution is 5.90. The third kappa shape index (κ3) is 1.58. The van der Waals surface area contributed by atoms with Gasteiger partial charge in [0.2, 0.25) is 0 Å². The van der Waals surface area contributed by atoms with Crippen LogP contribution in [0.1, 0.15) is 20.3 Å². The highest BCUT2D eigenvalue weighted by Gasteiger charge is 2.46. The van der Waals surface area contributed by atoms with Gasteiger partial charge in [-0.1, -0.05) is 19.9 Å². The van der Waals surface area contributed by atoms with Crippen molar-refractivity contribution in [3.63, 3.8) is 0 Å². The molecule has 1 aliphatic rings. The summed E-state index contributed by atoms with van der Waals surface area (Å²) in [5.74, 6) is 0.764. The third-order valence-corrected chi connectivity index (χ3v) is 2.73. The molecular formula is C10H16O2. The van der Waals surface area contributed by atoms with Crippen LogP contribution >= 0.6 is 0 Å². The van der Waals surface area contributed by atoms with E-state index in [0.717, 1.165) is 0 Å². The monoisotopic (exact) mass is 168 g/mol. The van der Waals surface area contributed by atoms with Crippen LogP contribution in [-0.2, 0) is 9.53 Å². The molecule has 2 nitrogen and oxygen atoms in total. The average Bonchev–Trinajstić information content (AvgIpc) is 2.04. The standard InChI is InChI=1S/C10H16O2/c1-4-5-12-7-8-6-9(11)10(8,2)3/h4,8H,1,5-7H2,2-3H3. The molecule has 0 bridgehead atoms. The van der Waals surface area contributed by atoms with Crippen LogP contribution in [0.4, 0.5) is 0 Å². The van der Waals surface area contributed by atoms with Crippen molar-refractivity contribution in [2.24, 2.45) is 11.3 Å². The first-order valence-electron chi connectivity index (χ1n) is 4.31. The number of ketones is 1. The van der Waals surface area contributed by atoms with Crippen LogP contribution in [0.5, 0.6) is 0 Å². The molecule has 68 valence electrons. The molecule has 2 heteroatoms. The molecule has 0 radical (unpaired) electrons. The molecule has 0 amide bonds.